The minimum atomic E-state index is -0.0518. The highest BCUT2D eigenvalue weighted by Crippen LogP contribution is 2.34. The predicted octanol–water partition coefficient (Wildman–Crippen LogP) is 2.49. The van der Waals surface area contributed by atoms with Gasteiger partial charge in [0.15, 0.2) is 0 Å². The smallest absolute Gasteiger partial charge is 0.0564 e. The maximum Gasteiger partial charge on any atom is 0.0564 e. The molecular weight excluding hydrogens is 248 g/mol. The lowest BCUT2D eigenvalue weighted by Gasteiger charge is -2.43. The number of rotatable bonds is 5. The third-order valence-corrected chi connectivity index (χ3v) is 5.36. The summed E-state index contributed by atoms with van der Waals surface area (Å²) in [6.45, 7) is 11.6. The molecule has 0 aromatic heterocycles. The Morgan fingerprint density at radius 3 is 2.50 bits per heavy atom. The third kappa shape index (κ3) is 4.44. The molecule has 0 amide bonds. The van der Waals surface area contributed by atoms with Crippen molar-refractivity contribution in [3.8, 4) is 0 Å². The SMILES string of the molecule is CCCNC1CC(C)CC(C)C1CN1CCC(O)CC1. The molecule has 1 heterocycles. The fraction of sp³-hybridized carbons (Fsp3) is 1.00. The highest BCUT2D eigenvalue weighted by molar-refractivity contribution is 4.90. The van der Waals surface area contributed by atoms with Crippen LogP contribution in [0, 0.1) is 17.8 Å². The molecule has 3 nitrogen and oxygen atoms in total. The Morgan fingerprint density at radius 2 is 1.85 bits per heavy atom. The summed E-state index contributed by atoms with van der Waals surface area (Å²) in [5, 5.41) is 13.5. The van der Waals surface area contributed by atoms with E-state index >= 15 is 0 Å². The predicted molar refractivity (Wildman–Crippen MR) is 84.8 cm³/mol. The van der Waals surface area contributed by atoms with Gasteiger partial charge in [0.25, 0.3) is 0 Å². The molecule has 3 heteroatoms. The molecule has 0 radical (unpaired) electrons. The topological polar surface area (TPSA) is 35.5 Å². The first-order chi connectivity index (χ1) is 9.60. The van der Waals surface area contributed by atoms with E-state index in [9.17, 15) is 5.11 Å². The van der Waals surface area contributed by atoms with Crippen molar-refractivity contribution in [2.45, 2.75) is 65.0 Å². The van der Waals surface area contributed by atoms with Crippen LogP contribution in [0.2, 0.25) is 0 Å². The quantitative estimate of drug-likeness (QED) is 0.813. The van der Waals surface area contributed by atoms with Crippen molar-refractivity contribution in [3.05, 3.63) is 0 Å². The van der Waals surface area contributed by atoms with E-state index < -0.39 is 0 Å². The Kier molecular flexibility index (Phi) is 6.31. The van der Waals surface area contributed by atoms with Crippen molar-refractivity contribution in [3.63, 3.8) is 0 Å². The van der Waals surface area contributed by atoms with Gasteiger partial charge < -0.3 is 15.3 Å². The highest BCUT2D eigenvalue weighted by Gasteiger charge is 2.35. The molecule has 0 spiro atoms. The molecule has 2 rings (SSSR count). The number of nitrogens with one attached hydrogen (secondary N) is 1. The van der Waals surface area contributed by atoms with E-state index in [1.807, 2.05) is 0 Å². The van der Waals surface area contributed by atoms with Gasteiger partial charge in [0.1, 0.15) is 0 Å². The number of aliphatic hydroxyl groups is 1. The van der Waals surface area contributed by atoms with Crippen molar-refractivity contribution in [1.82, 2.24) is 10.2 Å². The first-order valence-electron chi connectivity index (χ1n) is 8.74. The van der Waals surface area contributed by atoms with E-state index in [2.05, 4.69) is 31.0 Å². The van der Waals surface area contributed by atoms with Gasteiger partial charge in [-0.25, -0.2) is 0 Å². The maximum atomic E-state index is 9.65. The van der Waals surface area contributed by atoms with E-state index in [1.54, 1.807) is 0 Å². The van der Waals surface area contributed by atoms with Crippen molar-refractivity contribution in [1.29, 1.82) is 0 Å². The van der Waals surface area contributed by atoms with Crippen LogP contribution in [-0.4, -0.2) is 48.3 Å². The summed E-state index contributed by atoms with van der Waals surface area (Å²) >= 11 is 0. The second kappa shape index (κ2) is 7.77. The van der Waals surface area contributed by atoms with Gasteiger partial charge in [-0.15, -0.1) is 0 Å². The van der Waals surface area contributed by atoms with E-state index in [0.717, 1.165) is 50.2 Å². The van der Waals surface area contributed by atoms with Crippen LogP contribution in [-0.2, 0) is 0 Å². The van der Waals surface area contributed by atoms with Gasteiger partial charge in [-0.2, -0.15) is 0 Å². The Morgan fingerprint density at radius 1 is 1.15 bits per heavy atom. The molecule has 2 aliphatic rings. The Hall–Kier alpha value is -0.120. The van der Waals surface area contributed by atoms with Crippen molar-refractivity contribution in [2.24, 2.45) is 17.8 Å². The molecule has 0 aromatic carbocycles. The number of piperidine rings is 1. The van der Waals surface area contributed by atoms with Crippen molar-refractivity contribution >= 4 is 0 Å². The van der Waals surface area contributed by atoms with Crippen molar-refractivity contribution in [2.75, 3.05) is 26.2 Å². The van der Waals surface area contributed by atoms with E-state index in [0.29, 0.717) is 6.04 Å². The summed E-state index contributed by atoms with van der Waals surface area (Å²) in [6.07, 6.45) is 5.82. The van der Waals surface area contributed by atoms with Crippen LogP contribution in [0.1, 0.15) is 52.9 Å². The second-order valence-corrected chi connectivity index (χ2v) is 7.31. The lowest BCUT2D eigenvalue weighted by Crippen LogP contribution is -2.50. The molecule has 1 aliphatic carbocycles. The number of aliphatic hydroxyl groups excluding tert-OH is 1. The fourth-order valence-electron chi connectivity index (χ4n) is 4.18. The molecule has 1 aliphatic heterocycles. The Labute approximate surface area is 125 Å². The van der Waals surface area contributed by atoms with E-state index in [4.69, 9.17) is 0 Å². The maximum absolute atomic E-state index is 9.65. The van der Waals surface area contributed by atoms with Crippen molar-refractivity contribution < 1.29 is 5.11 Å². The van der Waals surface area contributed by atoms with E-state index in [1.165, 1.54) is 25.8 Å². The number of hydrogen-bond donors (Lipinski definition) is 2. The summed E-state index contributed by atoms with van der Waals surface area (Å²) in [7, 11) is 0. The normalized spacial score (nSPS) is 37.2. The minimum absolute atomic E-state index is 0.0518. The van der Waals surface area contributed by atoms with Crippen LogP contribution in [0.15, 0.2) is 0 Å². The first-order valence-corrected chi connectivity index (χ1v) is 8.74. The Balaban J connectivity index is 1.90. The molecule has 2 fully saturated rings. The molecule has 4 unspecified atom stereocenters. The van der Waals surface area contributed by atoms with Crippen LogP contribution < -0.4 is 5.32 Å². The molecular formula is C17H34N2O. The van der Waals surface area contributed by atoms with Gasteiger partial charge in [-0.3, -0.25) is 0 Å². The zero-order valence-electron chi connectivity index (χ0n) is 13.6. The summed E-state index contributed by atoms with van der Waals surface area (Å²) in [5.74, 6) is 2.46. The number of nitrogens with zero attached hydrogens (tertiary/aromatic N) is 1. The van der Waals surface area contributed by atoms with Crippen LogP contribution >= 0.6 is 0 Å². The van der Waals surface area contributed by atoms with Crippen LogP contribution in [0.25, 0.3) is 0 Å². The zero-order chi connectivity index (χ0) is 14.5. The lowest BCUT2D eigenvalue weighted by atomic mass is 9.72. The zero-order valence-corrected chi connectivity index (χ0v) is 13.6. The summed E-state index contributed by atoms with van der Waals surface area (Å²) in [6, 6.07) is 0.695. The van der Waals surface area contributed by atoms with Gasteiger partial charge >= 0.3 is 0 Å². The van der Waals surface area contributed by atoms with Crippen LogP contribution in [0.5, 0.6) is 0 Å². The van der Waals surface area contributed by atoms with Gasteiger partial charge in [0.05, 0.1) is 6.10 Å². The van der Waals surface area contributed by atoms with Gasteiger partial charge in [0.2, 0.25) is 0 Å². The average Bonchev–Trinajstić information content (AvgIpc) is 2.42. The molecule has 1 saturated carbocycles. The number of hydrogen-bond acceptors (Lipinski definition) is 3. The second-order valence-electron chi connectivity index (χ2n) is 7.31. The van der Waals surface area contributed by atoms with Crippen LogP contribution in [0.3, 0.4) is 0 Å². The molecule has 118 valence electrons. The van der Waals surface area contributed by atoms with Gasteiger partial charge in [0, 0.05) is 25.7 Å². The van der Waals surface area contributed by atoms with Gasteiger partial charge in [-0.1, -0.05) is 20.8 Å². The van der Waals surface area contributed by atoms with Crippen LogP contribution in [0.4, 0.5) is 0 Å². The third-order valence-electron chi connectivity index (χ3n) is 5.36. The highest BCUT2D eigenvalue weighted by atomic mass is 16.3. The fourth-order valence-corrected chi connectivity index (χ4v) is 4.18. The lowest BCUT2D eigenvalue weighted by molar-refractivity contribution is 0.0491. The standard InChI is InChI=1S/C17H34N2O/c1-4-7-18-17-11-13(2)10-14(3)16(17)12-19-8-5-15(20)6-9-19/h13-18,20H,4-12H2,1-3H3. The molecule has 4 atom stereocenters. The summed E-state index contributed by atoms with van der Waals surface area (Å²) in [4.78, 5) is 2.59. The minimum Gasteiger partial charge on any atom is -0.393 e. The number of likely N-dealkylation sites (tertiary alicyclic amines) is 1. The summed E-state index contributed by atoms with van der Waals surface area (Å²) in [5.41, 5.74) is 0. The molecule has 0 aromatic rings. The molecule has 20 heavy (non-hydrogen) atoms. The average molecular weight is 282 g/mol. The molecule has 2 N–H and O–H groups in total. The van der Waals surface area contributed by atoms with Gasteiger partial charge in [-0.05, 0) is 56.4 Å². The molecule has 1 saturated heterocycles. The monoisotopic (exact) mass is 282 g/mol. The largest absolute Gasteiger partial charge is 0.393 e. The summed E-state index contributed by atoms with van der Waals surface area (Å²) < 4.78 is 0. The molecule has 0 bridgehead atoms. The van der Waals surface area contributed by atoms with E-state index in [-0.39, 0.29) is 6.10 Å². The Bertz CT molecular complexity index is 276. The first kappa shape index (κ1) is 16.3.